The van der Waals surface area contributed by atoms with Gasteiger partial charge in [0.1, 0.15) is 6.04 Å². The number of carboxylic acids is 1. The monoisotopic (exact) mass is 374 g/mol. The molecular formula is C23H22N2O3. The fraction of sp³-hybridized carbons (Fsp3) is 0.304. The van der Waals surface area contributed by atoms with Crippen molar-refractivity contribution in [1.29, 1.82) is 0 Å². The van der Waals surface area contributed by atoms with Gasteiger partial charge >= 0.3 is 5.97 Å². The molecule has 0 saturated heterocycles. The van der Waals surface area contributed by atoms with Crippen LogP contribution in [0.3, 0.4) is 0 Å². The van der Waals surface area contributed by atoms with Gasteiger partial charge in [0, 0.05) is 34.9 Å². The lowest BCUT2D eigenvalue weighted by atomic mass is 9.95. The first-order chi connectivity index (χ1) is 13.6. The number of para-hydroxylation sites is 1. The molecule has 1 fully saturated rings. The molecule has 1 amide bonds. The highest BCUT2D eigenvalue weighted by Crippen LogP contribution is 2.61. The van der Waals surface area contributed by atoms with Crippen molar-refractivity contribution < 1.29 is 14.7 Å². The summed E-state index contributed by atoms with van der Waals surface area (Å²) in [4.78, 5) is 27.9. The number of aryl methyl sites for hydroxylation is 1. The van der Waals surface area contributed by atoms with Gasteiger partial charge in [0.15, 0.2) is 0 Å². The van der Waals surface area contributed by atoms with E-state index >= 15 is 0 Å². The summed E-state index contributed by atoms with van der Waals surface area (Å²) in [6.45, 7) is 0. The molecule has 1 spiro atoms. The average Bonchev–Trinajstić information content (AvgIpc) is 3.13. The summed E-state index contributed by atoms with van der Waals surface area (Å²) in [5.41, 5.74) is 4.39. The molecule has 28 heavy (non-hydrogen) atoms. The van der Waals surface area contributed by atoms with Crippen LogP contribution in [-0.2, 0) is 27.8 Å². The highest BCUT2D eigenvalue weighted by atomic mass is 16.4. The van der Waals surface area contributed by atoms with Crippen LogP contribution in [0.4, 0.5) is 0 Å². The number of amides is 1. The molecule has 5 nitrogen and oxygen atoms in total. The van der Waals surface area contributed by atoms with Crippen LogP contribution in [-0.4, -0.2) is 28.0 Å². The fourth-order valence-electron chi connectivity index (χ4n) is 4.93. The van der Waals surface area contributed by atoms with E-state index in [0.29, 0.717) is 0 Å². The number of rotatable bonds is 5. The van der Waals surface area contributed by atoms with Gasteiger partial charge in [-0.05, 0) is 42.0 Å². The zero-order chi connectivity index (χ0) is 19.3. The average molecular weight is 374 g/mol. The van der Waals surface area contributed by atoms with Crippen LogP contribution >= 0.6 is 0 Å². The van der Waals surface area contributed by atoms with Gasteiger partial charge in [0.25, 0.3) is 0 Å². The van der Waals surface area contributed by atoms with E-state index in [-0.39, 0.29) is 23.7 Å². The Balaban J connectivity index is 1.33. The number of hydrogen-bond donors (Lipinski definition) is 3. The Morgan fingerprint density at radius 2 is 1.96 bits per heavy atom. The topological polar surface area (TPSA) is 82.2 Å². The van der Waals surface area contributed by atoms with Crippen LogP contribution in [0.1, 0.15) is 29.5 Å². The minimum atomic E-state index is -1.000. The van der Waals surface area contributed by atoms with Gasteiger partial charge in [-0.15, -0.1) is 0 Å². The molecule has 2 aliphatic rings. The minimum absolute atomic E-state index is 0.0789. The van der Waals surface area contributed by atoms with Crippen LogP contribution in [0.2, 0.25) is 0 Å². The van der Waals surface area contributed by atoms with E-state index in [9.17, 15) is 14.7 Å². The van der Waals surface area contributed by atoms with E-state index in [1.54, 1.807) is 0 Å². The van der Waals surface area contributed by atoms with Gasteiger partial charge in [0.05, 0.1) is 0 Å². The lowest BCUT2D eigenvalue weighted by molar-refractivity contribution is -0.142. The summed E-state index contributed by atoms with van der Waals surface area (Å²) >= 11 is 0. The van der Waals surface area contributed by atoms with Crippen molar-refractivity contribution in [3.05, 3.63) is 71.4 Å². The molecule has 2 aliphatic carbocycles. The van der Waals surface area contributed by atoms with Crippen molar-refractivity contribution in [2.24, 2.45) is 5.92 Å². The number of nitrogens with one attached hydrogen (secondary N) is 2. The van der Waals surface area contributed by atoms with Gasteiger partial charge in [0.2, 0.25) is 5.91 Å². The molecule has 0 bridgehead atoms. The summed E-state index contributed by atoms with van der Waals surface area (Å²) in [6.07, 6.45) is 4.89. The molecule has 5 rings (SSSR count). The van der Waals surface area contributed by atoms with Crippen LogP contribution in [0.15, 0.2) is 54.7 Å². The molecule has 5 heteroatoms. The third-order valence-corrected chi connectivity index (χ3v) is 6.50. The number of carbonyl (C=O) groups excluding carboxylic acids is 1. The highest BCUT2D eigenvalue weighted by molar-refractivity contribution is 5.90. The Bertz CT molecular complexity index is 1090. The number of aliphatic carboxylic acids is 1. The lowest BCUT2D eigenvalue weighted by Crippen LogP contribution is -2.43. The first-order valence-electron chi connectivity index (χ1n) is 9.75. The normalized spacial score (nSPS) is 23.5. The molecule has 3 N–H and O–H groups in total. The summed E-state index contributed by atoms with van der Waals surface area (Å²) in [5, 5.41) is 13.5. The number of carboxylic acid groups (broad SMARTS) is 1. The van der Waals surface area contributed by atoms with Crippen molar-refractivity contribution in [2.45, 2.75) is 37.1 Å². The van der Waals surface area contributed by atoms with Crippen LogP contribution in [0.25, 0.3) is 10.9 Å². The van der Waals surface area contributed by atoms with Crippen molar-refractivity contribution in [1.82, 2.24) is 10.3 Å². The smallest absolute Gasteiger partial charge is 0.326 e. The van der Waals surface area contributed by atoms with Gasteiger partial charge in [-0.1, -0.05) is 42.5 Å². The Morgan fingerprint density at radius 3 is 2.82 bits per heavy atom. The molecule has 3 atom stereocenters. The number of carbonyl (C=O) groups is 2. The van der Waals surface area contributed by atoms with Gasteiger partial charge in [-0.25, -0.2) is 4.79 Å². The first-order valence-corrected chi connectivity index (χ1v) is 9.75. The molecule has 1 heterocycles. The molecule has 3 aromatic rings. The minimum Gasteiger partial charge on any atom is -0.480 e. The van der Waals surface area contributed by atoms with Gasteiger partial charge < -0.3 is 15.4 Å². The summed E-state index contributed by atoms with van der Waals surface area (Å²) in [5.74, 6) is -1.26. The lowest BCUT2D eigenvalue weighted by Gasteiger charge is -2.16. The van der Waals surface area contributed by atoms with E-state index in [1.165, 1.54) is 11.1 Å². The molecule has 0 aliphatic heterocycles. The van der Waals surface area contributed by atoms with Crippen molar-refractivity contribution in [3.63, 3.8) is 0 Å². The standard InChI is InChI=1S/C23H22N2O3/c26-21(18-12-23(18)10-9-14-5-1-3-7-17(14)23)25-20(22(27)28)11-15-13-24-19-8-4-2-6-16(15)19/h1-8,13,18,20,24H,9-12H2,(H,25,26)(H,27,28). The second-order valence-corrected chi connectivity index (χ2v) is 8.03. The predicted molar refractivity (Wildman–Crippen MR) is 106 cm³/mol. The Hall–Kier alpha value is -3.08. The number of benzene rings is 2. The van der Waals surface area contributed by atoms with E-state index in [1.807, 2.05) is 42.6 Å². The maximum atomic E-state index is 12.9. The van der Waals surface area contributed by atoms with Crippen molar-refractivity contribution in [2.75, 3.05) is 0 Å². The molecule has 3 unspecified atom stereocenters. The van der Waals surface area contributed by atoms with E-state index in [0.717, 1.165) is 35.7 Å². The van der Waals surface area contributed by atoms with Crippen molar-refractivity contribution >= 4 is 22.8 Å². The third kappa shape index (κ3) is 2.61. The van der Waals surface area contributed by atoms with Crippen LogP contribution < -0.4 is 5.32 Å². The third-order valence-electron chi connectivity index (χ3n) is 6.50. The van der Waals surface area contributed by atoms with Gasteiger partial charge in [-0.2, -0.15) is 0 Å². The SMILES string of the molecule is O=C(O)C(Cc1c[nH]c2ccccc12)NC(=O)C1CC12CCc1ccccc12. The maximum Gasteiger partial charge on any atom is 0.326 e. The van der Waals surface area contributed by atoms with E-state index in [4.69, 9.17) is 0 Å². The largest absolute Gasteiger partial charge is 0.480 e. The van der Waals surface area contributed by atoms with E-state index in [2.05, 4.69) is 22.4 Å². The van der Waals surface area contributed by atoms with Crippen LogP contribution in [0, 0.1) is 5.92 Å². The maximum absolute atomic E-state index is 12.9. The first kappa shape index (κ1) is 17.0. The number of fused-ring (bicyclic) bond motifs is 3. The zero-order valence-corrected chi connectivity index (χ0v) is 15.4. The molecule has 2 aromatic carbocycles. The molecule has 0 radical (unpaired) electrons. The fourth-order valence-corrected chi connectivity index (χ4v) is 4.93. The second kappa shape index (κ2) is 6.23. The second-order valence-electron chi connectivity index (χ2n) is 8.03. The molecular weight excluding hydrogens is 352 g/mol. The summed E-state index contributed by atoms with van der Waals surface area (Å²) < 4.78 is 0. The summed E-state index contributed by atoms with van der Waals surface area (Å²) in [6, 6.07) is 15.2. The number of H-pyrrole nitrogens is 1. The Kier molecular flexibility index (Phi) is 3.79. The molecule has 142 valence electrons. The number of aromatic amines is 1. The number of hydrogen-bond acceptors (Lipinski definition) is 2. The Labute approximate surface area is 162 Å². The quantitative estimate of drug-likeness (QED) is 0.641. The number of aromatic nitrogens is 1. The summed E-state index contributed by atoms with van der Waals surface area (Å²) in [7, 11) is 0. The predicted octanol–water partition coefficient (Wildman–Crippen LogP) is 3.18. The Morgan fingerprint density at radius 1 is 1.18 bits per heavy atom. The van der Waals surface area contributed by atoms with Crippen molar-refractivity contribution in [3.8, 4) is 0 Å². The molecule has 1 aromatic heterocycles. The molecule has 1 saturated carbocycles. The van der Waals surface area contributed by atoms with Crippen LogP contribution in [0.5, 0.6) is 0 Å². The van der Waals surface area contributed by atoms with E-state index < -0.39 is 12.0 Å². The van der Waals surface area contributed by atoms with Gasteiger partial charge in [-0.3, -0.25) is 4.79 Å². The highest BCUT2D eigenvalue weighted by Gasteiger charge is 2.61. The zero-order valence-electron chi connectivity index (χ0n) is 15.4.